The molecular weight excluding hydrogens is 375 g/mol. The third kappa shape index (κ3) is 4.93. The Balaban J connectivity index is 2.91. The molecule has 0 aliphatic heterocycles. The number of carbonyl (C=O) groups excluding carboxylic acids is 1. The molecule has 5 heteroatoms. The summed E-state index contributed by atoms with van der Waals surface area (Å²) in [4.78, 5) is 12.3. The van der Waals surface area contributed by atoms with Crippen molar-refractivity contribution in [2.24, 2.45) is 11.7 Å². The summed E-state index contributed by atoms with van der Waals surface area (Å²) in [5.74, 6) is 0.341. The maximum Gasteiger partial charge on any atom is 0.252 e. The molecule has 19 heavy (non-hydrogen) atoms. The number of rotatable bonds is 5. The molecule has 0 bridgehead atoms. The summed E-state index contributed by atoms with van der Waals surface area (Å²) in [5.41, 5.74) is 6.01. The van der Waals surface area contributed by atoms with Crippen molar-refractivity contribution in [2.75, 3.05) is 6.54 Å². The Hall–Kier alpha value is -0.330. The van der Waals surface area contributed by atoms with Crippen LogP contribution in [-0.2, 0) is 0 Å². The van der Waals surface area contributed by atoms with Gasteiger partial charge in [0, 0.05) is 20.7 Å². The zero-order valence-corrected chi connectivity index (χ0v) is 14.4. The van der Waals surface area contributed by atoms with Crippen molar-refractivity contribution in [1.29, 1.82) is 0 Å². The van der Waals surface area contributed by atoms with Crippen molar-refractivity contribution in [3.8, 4) is 0 Å². The van der Waals surface area contributed by atoms with Crippen LogP contribution in [0.2, 0.25) is 5.02 Å². The largest absolute Gasteiger partial charge is 0.346 e. The van der Waals surface area contributed by atoms with E-state index in [-0.39, 0.29) is 5.91 Å². The lowest BCUT2D eigenvalue weighted by atomic mass is 9.90. The number of nitrogens with two attached hydrogens (primary N) is 1. The first-order valence-electron chi connectivity index (χ1n) is 6.25. The molecule has 0 aliphatic rings. The highest BCUT2D eigenvalue weighted by Gasteiger charge is 2.27. The zero-order chi connectivity index (χ0) is 14.6. The molecule has 0 aliphatic carbocycles. The van der Waals surface area contributed by atoms with Gasteiger partial charge in [0.25, 0.3) is 5.91 Å². The summed E-state index contributed by atoms with van der Waals surface area (Å²) >= 11 is 8.07. The molecule has 0 heterocycles. The standard InChI is InChI=1S/C14H20ClIN2O/c1-9(2)7-14(3,8-17)18-13(19)11-6-10(15)4-5-12(11)16/h4-6,9H,7-8,17H2,1-3H3,(H,18,19). The van der Waals surface area contributed by atoms with Crippen LogP contribution in [0.25, 0.3) is 0 Å². The SMILES string of the molecule is CC(C)CC(C)(CN)NC(=O)c1cc(Cl)ccc1I. The van der Waals surface area contributed by atoms with Crippen molar-refractivity contribution in [3.05, 3.63) is 32.4 Å². The molecule has 1 aromatic carbocycles. The van der Waals surface area contributed by atoms with Crippen LogP contribution in [0.3, 0.4) is 0 Å². The van der Waals surface area contributed by atoms with Crippen LogP contribution in [-0.4, -0.2) is 18.0 Å². The lowest BCUT2D eigenvalue weighted by Gasteiger charge is -2.31. The number of halogens is 2. The number of hydrogen-bond donors (Lipinski definition) is 2. The van der Waals surface area contributed by atoms with Crippen LogP contribution < -0.4 is 11.1 Å². The van der Waals surface area contributed by atoms with Gasteiger partial charge in [-0.1, -0.05) is 25.4 Å². The molecule has 1 rings (SSSR count). The van der Waals surface area contributed by atoms with Gasteiger partial charge in [0.15, 0.2) is 0 Å². The lowest BCUT2D eigenvalue weighted by molar-refractivity contribution is 0.0897. The Bertz CT molecular complexity index is 465. The van der Waals surface area contributed by atoms with Crippen LogP contribution in [0.4, 0.5) is 0 Å². The van der Waals surface area contributed by atoms with E-state index in [1.54, 1.807) is 12.1 Å². The second-order valence-electron chi connectivity index (χ2n) is 5.44. The van der Waals surface area contributed by atoms with E-state index in [0.29, 0.717) is 23.0 Å². The smallest absolute Gasteiger partial charge is 0.252 e. The summed E-state index contributed by atoms with van der Waals surface area (Å²) in [6.45, 7) is 6.61. The van der Waals surface area contributed by atoms with Crippen LogP contribution in [0.1, 0.15) is 37.6 Å². The van der Waals surface area contributed by atoms with E-state index in [2.05, 4.69) is 41.8 Å². The van der Waals surface area contributed by atoms with E-state index in [9.17, 15) is 4.79 Å². The average molecular weight is 395 g/mol. The van der Waals surface area contributed by atoms with Crippen molar-refractivity contribution in [3.63, 3.8) is 0 Å². The third-order valence-electron chi connectivity index (χ3n) is 2.90. The van der Waals surface area contributed by atoms with E-state index in [1.807, 2.05) is 13.0 Å². The van der Waals surface area contributed by atoms with Gasteiger partial charge in [-0.15, -0.1) is 0 Å². The van der Waals surface area contributed by atoms with Gasteiger partial charge in [-0.05, 0) is 60.1 Å². The minimum atomic E-state index is -0.392. The maximum absolute atomic E-state index is 12.3. The highest BCUT2D eigenvalue weighted by molar-refractivity contribution is 14.1. The second kappa shape index (κ2) is 6.90. The van der Waals surface area contributed by atoms with Gasteiger partial charge < -0.3 is 11.1 Å². The van der Waals surface area contributed by atoms with Crippen molar-refractivity contribution in [2.45, 2.75) is 32.7 Å². The summed E-state index contributed by atoms with van der Waals surface area (Å²) in [5, 5.41) is 3.59. The molecule has 0 aromatic heterocycles. The summed E-state index contributed by atoms with van der Waals surface area (Å²) < 4.78 is 0.878. The van der Waals surface area contributed by atoms with Crippen molar-refractivity contribution >= 4 is 40.1 Å². The normalized spacial score (nSPS) is 14.3. The van der Waals surface area contributed by atoms with E-state index in [1.165, 1.54) is 0 Å². The Morgan fingerprint density at radius 2 is 2.16 bits per heavy atom. The van der Waals surface area contributed by atoms with Gasteiger partial charge in [-0.3, -0.25) is 4.79 Å². The zero-order valence-electron chi connectivity index (χ0n) is 11.5. The quantitative estimate of drug-likeness (QED) is 0.752. The van der Waals surface area contributed by atoms with Crippen LogP contribution in [0, 0.1) is 9.49 Å². The van der Waals surface area contributed by atoms with E-state index < -0.39 is 5.54 Å². The highest BCUT2D eigenvalue weighted by Crippen LogP contribution is 2.20. The molecule has 0 saturated heterocycles. The molecule has 1 aromatic rings. The first kappa shape index (κ1) is 16.7. The van der Waals surface area contributed by atoms with E-state index in [4.69, 9.17) is 17.3 Å². The fourth-order valence-electron chi connectivity index (χ4n) is 2.10. The molecule has 1 amide bonds. The third-order valence-corrected chi connectivity index (χ3v) is 4.07. The van der Waals surface area contributed by atoms with Gasteiger partial charge in [-0.25, -0.2) is 0 Å². The summed E-state index contributed by atoms with van der Waals surface area (Å²) in [6, 6.07) is 5.29. The fraction of sp³-hybridized carbons (Fsp3) is 0.500. The highest BCUT2D eigenvalue weighted by atomic mass is 127. The number of amides is 1. The number of carbonyl (C=O) groups is 1. The summed E-state index contributed by atoms with van der Waals surface area (Å²) in [6.07, 6.45) is 0.840. The Kier molecular flexibility index (Phi) is 6.08. The lowest BCUT2D eigenvalue weighted by Crippen LogP contribution is -2.52. The summed E-state index contributed by atoms with van der Waals surface area (Å²) in [7, 11) is 0. The maximum atomic E-state index is 12.3. The van der Waals surface area contributed by atoms with Crippen LogP contribution in [0.15, 0.2) is 18.2 Å². The van der Waals surface area contributed by atoms with Crippen molar-refractivity contribution in [1.82, 2.24) is 5.32 Å². The molecule has 0 fully saturated rings. The Morgan fingerprint density at radius 3 is 2.68 bits per heavy atom. The monoisotopic (exact) mass is 394 g/mol. The van der Waals surface area contributed by atoms with Gasteiger partial charge in [0.2, 0.25) is 0 Å². The first-order valence-corrected chi connectivity index (χ1v) is 7.71. The molecule has 1 unspecified atom stereocenters. The molecule has 0 spiro atoms. The molecule has 3 nitrogen and oxygen atoms in total. The minimum absolute atomic E-state index is 0.125. The molecular formula is C14H20ClIN2O. The first-order chi connectivity index (χ1) is 8.77. The molecule has 1 atom stereocenters. The molecule has 3 N–H and O–H groups in total. The topological polar surface area (TPSA) is 55.1 Å². The van der Waals surface area contributed by atoms with Crippen LogP contribution >= 0.6 is 34.2 Å². The van der Waals surface area contributed by atoms with Crippen molar-refractivity contribution < 1.29 is 4.79 Å². The molecule has 0 radical (unpaired) electrons. The number of hydrogen-bond acceptors (Lipinski definition) is 2. The van der Waals surface area contributed by atoms with Crippen LogP contribution in [0.5, 0.6) is 0 Å². The predicted octanol–water partition coefficient (Wildman–Crippen LogP) is 3.44. The average Bonchev–Trinajstić information content (AvgIpc) is 2.31. The van der Waals surface area contributed by atoms with Gasteiger partial charge in [0.1, 0.15) is 0 Å². The predicted molar refractivity (Wildman–Crippen MR) is 88.5 cm³/mol. The number of nitrogens with one attached hydrogen (secondary N) is 1. The Morgan fingerprint density at radius 1 is 1.53 bits per heavy atom. The molecule has 106 valence electrons. The van der Waals surface area contributed by atoms with E-state index >= 15 is 0 Å². The Labute approximate surface area is 133 Å². The number of benzene rings is 1. The van der Waals surface area contributed by atoms with Gasteiger partial charge in [0.05, 0.1) is 5.56 Å². The fourth-order valence-corrected chi connectivity index (χ4v) is 2.85. The van der Waals surface area contributed by atoms with Gasteiger partial charge >= 0.3 is 0 Å². The van der Waals surface area contributed by atoms with Gasteiger partial charge in [-0.2, -0.15) is 0 Å². The second-order valence-corrected chi connectivity index (χ2v) is 7.04. The minimum Gasteiger partial charge on any atom is -0.346 e. The van der Waals surface area contributed by atoms with E-state index in [0.717, 1.165) is 9.99 Å². The molecule has 0 saturated carbocycles.